The summed E-state index contributed by atoms with van der Waals surface area (Å²) in [4.78, 5) is 13.7. The Morgan fingerprint density at radius 3 is 2.70 bits per heavy atom. The van der Waals surface area contributed by atoms with Gasteiger partial charge in [0.15, 0.2) is 0 Å². The maximum absolute atomic E-state index is 12.6. The van der Waals surface area contributed by atoms with Crippen LogP contribution in [-0.2, 0) is 14.8 Å². The zero-order valence-corrected chi connectivity index (χ0v) is 14.3. The van der Waals surface area contributed by atoms with E-state index >= 15 is 0 Å². The van der Waals surface area contributed by atoms with Gasteiger partial charge in [-0.2, -0.15) is 4.31 Å². The number of rotatable bonds is 5. The second kappa shape index (κ2) is 7.76. The van der Waals surface area contributed by atoms with Gasteiger partial charge in [0, 0.05) is 32.4 Å². The fourth-order valence-electron chi connectivity index (χ4n) is 2.33. The summed E-state index contributed by atoms with van der Waals surface area (Å²) in [5.74, 6) is 0. The number of morpholine rings is 1. The predicted octanol–water partition coefficient (Wildman–Crippen LogP) is 1.58. The van der Waals surface area contributed by atoms with Crippen molar-refractivity contribution < 1.29 is 17.9 Å². The molecule has 0 aromatic heterocycles. The van der Waals surface area contributed by atoms with Crippen molar-refractivity contribution in [2.45, 2.75) is 18.2 Å². The fourth-order valence-corrected chi connectivity index (χ4v) is 3.78. The number of hydrogen-bond donors (Lipinski definition) is 1. The minimum atomic E-state index is -3.56. The number of urea groups is 1. The largest absolute Gasteiger partial charge is 0.379 e. The molecule has 0 radical (unpaired) electrons. The van der Waals surface area contributed by atoms with Crippen molar-refractivity contribution in [3.05, 3.63) is 24.3 Å². The molecule has 2 rings (SSSR count). The van der Waals surface area contributed by atoms with Crippen molar-refractivity contribution >= 4 is 21.7 Å². The van der Waals surface area contributed by atoms with Crippen LogP contribution in [0.3, 0.4) is 0 Å². The van der Waals surface area contributed by atoms with E-state index in [0.29, 0.717) is 38.5 Å². The van der Waals surface area contributed by atoms with Gasteiger partial charge in [0.2, 0.25) is 10.0 Å². The topological polar surface area (TPSA) is 79.0 Å². The summed E-state index contributed by atoms with van der Waals surface area (Å²) < 4.78 is 31.8. The van der Waals surface area contributed by atoms with Crippen LogP contribution in [0.15, 0.2) is 29.2 Å². The van der Waals surface area contributed by atoms with Crippen molar-refractivity contribution in [1.82, 2.24) is 9.21 Å². The molecule has 128 valence electrons. The van der Waals surface area contributed by atoms with E-state index in [0.717, 1.165) is 6.42 Å². The van der Waals surface area contributed by atoms with Crippen LogP contribution in [-0.4, -0.2) is 63.5 Å². The van der Waals surface area contributed by atoms with Gasteiger partial charge in [-0.3, -0.25) is 0 Å². The van der Waals surface area contributed by atoms with Gasteiger partial charge < -0.3 is 15.0 Å². The van der Waals surface area contributed by atoms with Crippen molar-refractivity contribution in [2.24, 2.45) is 0 Å². The minimum absolute atomic E-state index is 0.176. The Labute approximate surface area is 137 Å². The lowest BCUT2D eigenvalue weighted by Crippen LogP contribution is -2.40. The summed E-state index contributed by atoms with van der Waals surface area (Å²) in [6, 6.07) is 6.07. The molecule has 0 spiro atoms. The molecule has 1 fully saturated rings. The first-order valence-electron chi connectivity index (χ1n) is 7.65. The number of sulfonamides is 1. The van der Waals surface area contributed by atoms with Gasteiger partial charge in [0.1, 0.15) is 0 Å². The second-order valence-corrected chi connectivity index (χ2v) is 7.33. The summed E-state index contributed by atoms with van der Waals surface area (Å²) in [6.45, 7) is 4.11. The number of ether oxygens (including phenoxy) is 1. The molecule has 1 aromatic carbocycles. The maximum Gasteiger partial charge on any atom is 0.321 e. The molecule has 1 aromatic rings. The second-order valence-electron chi connectivity index (χ2n) is 5.40. The third-order valence-corrected chi connectivity index (χ3v) is 5.49. The summed E-state index contributed by atoms with van der Waals surface area (Å²) in [7, 11) is -1.86. The Morgan fingerprint density at radius 2 is 2.04 bits per heavy atom. The van der Waals surface area contributed by atoms with Crippen molar-refractivity contribution in [1.29, 1.82) is 0 Å². The van der Waals surface area contributed by atoms with E-state index in [-0.39, 0.29) is 10.9 Å². The zero-order valence-electron chi connectivity index (χ0n) is 13.5. The van der Waals surface area contributed by atoms with Gasteiger partial charge >= 0.3 is 6.03 Å². The molecule has 1 heterocycles. The molecule has 1 saturated heterocycles. The SMILES string of the molecule is CCCN(C)C(=O)Nc1cccc(S(=O)(=O)N2CCOCC2)c1. The van der Waals surface area contributed by atoms with Crippen LogP contribution >= 0.6 is 0 Å². The lowest BCUT2D eigenvalue weighted by molar-refractivity contribution is 0.0730. The number of nitrogens with zero attached hydrogens (tertiary/aromatic N) is 2. The molecule has 1 N–H and O–H groups in total. The average Bonchev–Trinajstić information content (AvgIpc) is 2.56. The number of hydrogen-bond acceptors (Lipinski definition) is 4. The summed E-state index contributed by atoms with van der Waals surface area (Å²) in [5, 5.41) is 2.72. The van der Waals surface area contributed by atoms with E-state index in [1.165, 1.54) is 16.4 Å². The van der Waals surface area contributed by atoms with E-state index < -0.39 is 10.0 Å². The summed E-state index contributed by atoms with van der Waals surface area (Å²) in [6.07, 6.45) is 0.857. The van der Waals surface area contributed by atoms with Crippen LogP contribution in [0.25, 0.3) is 0 Å². The number of carbonyl (C=O) groups excluding carboxylic acids is 1. The van der Waals surface area contributed by atoms with Gasteiger partial charge in [-0.25, -0.2) is 13.2 Å². The number of amides is 2. The summed E-state index contributed by atoms with van der Waals surface area (Å²) in [5.41, 5.74) is 0.465. The third-order valence-electron chi connectivity index (χ3n) is 3.60. The van der Waals surface area contributed by atoms with E-state index in [9.17, 15) is 13.2 Å². The molecule has 0 bridgehead atoms. The van der Waals surface area contributed by atoms with Gasteiger partial charge in [-0.15, -0.1) is 0 Å². The molecular weight excluding hydrogens is 318 g/mol. The molecule has 2 amide bonds. The number of anilines is 1. The van der Waals surface area contributed by atoms with E-state index in [4.69, 9.17) is 4.74 Å². The highest BCUT2D eigenvalue weighted by molar-refractivity contribution is 7.89. The normalized spacial score (nSPS) is 16.1. The van der Waals surface area contributed by atoms with Gasteiger partial charge in [-0.1, -0.05) is 13.0 Å². The van der Waals surface area contributed by atoms with Crippen molar-refractivity contribution in [2.75, 3.05) is 45.2 Å². The van der Waals surface area contributed by atoms with Crippen molar-refractivity contribution in [3.63, 3.8) is 0 Å². The Morgan fingerprint density at radius 1 is 1.35 bits per heavy atom. The molecule has 0 unspecified atom stereocenters. The van der Waals surface area contributed by atoms with E-state index in [1.54, 1.807) is 24.1 Å². The monoisotopic (exact) mass is 341 g/mol. The number of nitrogens with one attached hydrogen (secondary N) is 1. The highest BCUT2D eigenvalue weighted by atomic mass is 32.2. The molecule has 1 aliphatic heterocycles. The molecule has 0 aliphatic carbocycles. The molecule has 8 heteroatoms. The first kappa shape index (κ1) is 17.7. The molecular formula is C15H23N3O4S. The first-order chi connectivity index (χ1) is 10.9. The average molecular weight is 341 g/mol. The van der Waals surface area contributed by atoms with Crippen LogP contribution in [0.1, 0.15) is 13.3 Å². The Hall–Kier alpha value is -1.64. The van der Waals surface area contributed by atoms with Gasteiger partial charge in [0.05, 0.1) is 18.1 Å². The number of benzene rings is 1. The standard InChI is InChI=1S/C15H23N3O4S/c1-3-7-17(2)15(19)16-13-5-4-6-14(12-13)23(20,21)18-8-10-22-11-9-18/h4-6,12H,3,7-11H2,1-2H3,(H,16,19). The molecule has 23 heavy (non-hydrogen) atoms. The maximum atomic E-state index is 12.6. The minimum Gasteiger partial charge on any atom is -0.379 e. The van der Waals surface area contributed by atoms with Crippen LogP contribution in [0.4, 0.5) is 10.5 Å². The zero-order chi connectivity index (χ0) is 16.9. The molecule has 1 aliphatic rings. The van der Waals surface area contributed by atoms with E-state index in [1.807, 2.05) is 6.92 Å². The lowest BCUT2D eigenvalue weighted by Gasteiger charge is -2.26. The van der Waals surface area contributed by atoms with Crippen LogP contribution < -0.4 is 5.32 Å². The van der Waals surface area contributed by atoms with Crippen LogP contribution in [0.5, 0.6) is 0 Å². The molecule has 0 atom stereocenters. The first-order valence-corrected chi connectivity index (χ1v) is 9.09. The Balaban J connectivity index is 2.14. The Kier molecular flexibility index (Phi) is 5.97. The Bertz CT molecular complexity index is 642. The quantitative estimate of drug-likeness (QED) is 0.882. The molecule has 0 saturated carbocycles. The lowest BCUT2D eigenvalue weighted by atomic mass is 10.3. The highest BCUT2D eigenvalue weighted by Crippen LogP contribution is 2.20. The predicted molar refractivity (Wildman–Crippen MR) is 88.0 cm³/mol. The highest BCUT2D eigenvalue weighted by Gasteiger charge is 2.26. The molecule has 7 nitrogen and oxygen atoms in total. The van der Waals surface area contributed by atoms with Crippen LogP contribution in [0, 0.1) is 0 Å². The van der Waals surface area contributed by atoms with Gasteiger partial charge in [0.25, 0.3) is 0 Å². The van der Waals surface area contributed by atoms with Crippen molar-refractivity contribution in [3.8, 4) is 0 Å². The number of carbonyl (C=O) groups is 1. The third kappa shape index (κ3) is 4.43. The smallest absolute Gasteiger partial charge is 0.321 e. The van der Waals surface area contributed by atoms with Gasteiger partial charge in [-0.05, 0) is 24.6 Å². The van der Waals surface area contributed by atoms with Crippen LogP contribution in [0.2, 0.25) is 0 Å². The fraction of sp³-hybridized carbons (Fsp3) is 0.533. The van der Waals surface area contributed by atoms with E-state index in [2.05, 4.69) is 5.32 Å². The summed E-state index contributed by atoms with van der Waals surface area (Å²) >= 11 is 0.